The number of halogens is 1. The Kier molecular flexibility index (Phi) is 3.04. The first-order valence-corrected chi connectivity index (χ1v) is 4.54. The van der Waals surface area contributed by atoms with E-state index in [0.29, 0.717) is 10.8 Å². The average Bonchev–Trinajstić information content (AvgIpc) is 1.99. The number of aromatic hydroxyl groups is 1. The Morgan fingerprint density at radius 3 is 2.54 bits per heavy atom. The van der Waals surface area contributed by atoms with E-state index in [1.165, 1.54) is 6.07 Å². The van der Waals surface area contributed by atoms with E-state index in [2.05, 4.69) is 0 Å². The van der Waals surface area contributed by atoms with Gasteiger partial charge in [0.2, 0.25) is 0 Å². The molecule has 1 rings (SSSR count). The van der Waals surface area contributed by atoms with Gasteiger partial charge >= 0.3 is 0 Å². The van der Waals surface area contributed by atoms with Crippen molar-refractivity contribution < 1.29 is 9.84 Å². The largest absolute Gasteiger partial charge is 0.504 e. The normalized spacial score (nSPS) is 10.5. The van der Waals surface area contributed by atoms with Crippen molar-refractivity contribution in [1.82, 2.24) is 0 Å². The summed E-state index contributed by atoms with van der Waals surface area (Å²) in [7, 11) is 0. The fourth-order valence-corrected chi connectivity index (χ4v) is 1.15. The van der Waals surface area contributed by atoms with Crippen LogP contribution in [0.5, 0.6) is 11.5 Å². The number of ether oxygens (including phenoxy) is 1. The SMILES string of the molecule is Cc1cc(OC(C)C)c(O)cc1Cl. The Balaban J connectivity index is 3.01. The molecule has 0 saturated carbocycles. The Morgan fingerprint density at radius 2 is 2.00 bits per heavy atom. The van der Waals surface area contributed by atoms with Gasteiger partial charge in [-0.3, -0.25) is 0 Å². The number of rotatable bonds is 2. The van der Waals surface area contributed by atoms with Crippen LogP contribution in [0.1, 0.15) is 19.4 Å². The van der Waals surface area contributed by atoms with Gasteiger partial charge < -0.3 is 9.84 Å². The second kappa shape index (κ2) is 3.88. The molecule has 0 amide bonds. The van der Waals surface area contributed by atoms with E-state index in [0.717, 1.165) is 5.56 Å². The van der Waals surface area contributed by atoms with E-state index >= 15 is 0 Å². The highest BCUT2D eigenvalue weighted by molar-refractivity contribution is 6.31. The highest BCUT2D eigenvalue weighted by atomic mass is 35.5. The molecule has 0 aromatic heterocycles. The molecule has 2 nitrogen and oxygen atoms in total. The maximum Gasteiger partial charge on any atom is 0.161 e. The van der Waals surface area contributed by atoms with Gasteiger partial charge in [0.15, 0.2) is 11.5 Å². The average molecular weight is 201 g/mol. The first-order chi connectivity index (χ1) is 6.00. The summed E-state index contributed by atoms with van der Waals surface area (Å²) in [5, 5.41) is 10.0. The van der Waals surface area contributed by atoms with E-state index < -0.39 is 0 Å². The summed E-state index contributed by atoms with van der Waals surface area (Å²) in [6.45, 7) is 5.68. The van der Waals surface area contributed by atoms with E-state index in [4.69, 9.17) is 16.3 Å². The number of phenolic OH excluding ortho intramolecular Hbond substituents is 1. The van der Waals surface area contributed by atoms with E-state index in [1.54, 1.807) is 6.07 Å². The van der Waals surface area contributed by atoms with Crippen LogP contribution in [-0.2, 0) is 0 Å². The Bertz CT molecular complexity index is 308. The molecule has 0 aliphatic carbocycles. The zero-order chi connectivity index (χ0) is 10.0. The summed E-state index contributed by atoms with van der Waals surface area (Å²) in [6.07, 6.45) is 0.0477. The minimum Gasteiger partial charge on any atom is -0.504 e. The molecule has 0 atom stereocenters. The van der Waals surface area contributed by atoms with Crippen molar-refractivity contribution in [3.63, 3.8) is 0 Å². The minimum absolute atomic E-state index is 0.0477. The molecule has 1 N–H and O–H groups in total. The third-order valence-corrected chi connectivity index (χ3v) is 2.01. The fraction of sp³-hybridized carbons (Fsp3) is 0.400. The van der Waals surface area contributed by atoms with Gasteiger partial charge in [-0.25, -0.2) is 0 Å². The Hall–Kier alpha value is -0.890. The van der Waals surface area contributed by atoms with Crippen molar-refractivity contribution in [3.05, 3.63) is 22.7 Å². The maximum atomic E-state index is 9.46. The summed E-state index contributed by atoms with van der Waals surface area (Å²) in [5.41, 5.74) is 0.898. The van der Waals surface area contributed by atoms with Crippen molar-refractivity contribution in [3.8, 4) is 11.5 Å². The monoisotopic (exact) mass is 200 g/mol. The van der Waals surface area contributed by atoms with E-state index in [9.17, 15) is 5.11 Å². The van der Waals surface area contributed by atoms with Crippen molar-refractivity contribution >= 4 is 11.6 Å². The highest BCUT2D eigenvalue weighted by Crippen LogP contribution is 2.32. The van der Waals surface area contributed by atoms with Crippen LogP contribution < -0.4 is 4.74 Å². The first kappa shape index (κ1) is 10.2. The first-order valence-electron chi connectivity index (χ1n) is 4.16. The van der Waals surface area contributed by atoms with Crippen LogP contribution in [0, 0.1) is 6.92 Å². The number of aryl methyl sites for hydroxylation is 1. The molecule has 0 saturated heterocycles. The molecular weight excluding hydrogens is 188 g/mol. The summed E-state index contributed by atoms with van der Waals surface area (Å²) in [6, 6.07) is 3.23. The van der Waals surface area contributed by atoms with Crippen LogP contribution >= 0.6 is 11.6 Å². The van der Waals surface area contributed by atoms with Gasteiger partial charge in [-0.15, -0.1) is 0 Å². The number of phenols is 1. The lowest BCUT2D eigenvalue weighted by molar-refractivity contribution is 0.231. The van der Waals surface area contributed by atoms with Crippen molar-refractivity contribution in [2.24, 2.45) is 0 Å². The summed E-state index contributed by atoms with van der Waals surface area (Å²) >= 11 is 5.81. The fourth-order valence-electron chi connectivity index (χ4n) is 0.993. The quantitative estimate of drug-likeness (QED) is 0.795. The van der Waals surface area contributed by atoms with Gasteiger partial charge in [-0.1, -0.05) is 11.6 Å². The molecule has 72 valence electrons. The summed E-state index contributed by atoms with van der Waals surface area (Å²) < 4.78 is 5.37. The predicted octanol–water partition coefficient (Wildman–Crippen LogP) is 3.14. The zero-order valence-corrected chi connectivity index (χ0v) is 8.72. The smallest absolute Gasteiger partial charge is 0.161 e. The van der Waals surface area contributed by atoms with Crippen LogP contribution in [0.3, 0.4) is 0 Å². The number of hydrogen-bond acceptors (Lipinski definition) is 2. The van der Waals surface area contributed by atoms with Crippen LogP contribution in [-0.4, -0.2) is 11.2 Å². The van der Waals surface area contributed by atoms with Crippen LogP contribution in [0.4, 0.5) is 0 Å². The Morgan fingerprint density at radius 1 is 1.38 bits per heavy atom. The van der Waals surface area contributed by atoms with Crippen LogP contribution in [0.25, 0.3) is 0 Å². The second-order valence-electron chi connectivity index (χ2n) is 3.24. The molecule has 0 radical (unpaired) electrons. The van der Waals surface area contributed by atoms with Gasteiger partial charge in [-0.2, -0.15) is 0 Å². The zero-order valence-electron chi connectivity index (χ0n) is 7.97. The topological polar surface area (TPSA) is 29.5 Å². The summed E-state index contributed by atoms with van der Waals surface area (Å²) in [4.78, 5) is 0. The van der Waals surface area contributed by atoms with Gasteiger partial charge in [0.25, 0.3) is 0 Å². The lowest BCUT2D eigenvalue weighted by Crippen LogP contribution is -2.05. The lowest BCUT2D eigenvalue weighted by Gasteiger charge is -2.12. The molecule has 1 aromatic carbocycles. The number of benzene rings is 1. The van der Waals surface area contributed by atoms with Gasteiger partial charge in [0.05, 0.1) is 6.10 Å². The molecular formula is C10H13ClO2. The molecule has 1 aromatic rings. The molecule has 0 aliphatic rings. The Labute approximate surface area is 83.1 Å². The standard InChI is InChI=1S/C10H13ClO2/c1-6(2)13-10-4-7(3)8(11)5-9(10)12/h4-6,12H,1-3H3. The molecule has 0 spiro atoms. The molecule has 0 aliphatic heterocycles. The molecule has 0 bridgehead atoms. The minimum atomic E-state index is 0.0477. The van der Waals surface area contributed by atoms with Crippen LogP contribution in [0.2, 0.25) is 5.02 Å². The third kappa shape index (κ3) is 2.52. The summed E-state index contributed by atoms with van der Waals surface area (Å²) in [5.74, 6) is 0.571. The maximum absolute atomic E-state index is 9.46. The molecule has 13 heavy (non-hydrogen) atoms. The van der Waals surface area contributed by atoms with Crippen molar-refractivity contribution in [2.45, 2.75) is 26.9 Å². The van der Waals surface area contributed by atoms with E-state index in [1.807, 2.05) is 20.8 Å². The van der Waals surface area contributed by atoms with Gasteiger partial charge in [0.1, 0.15) is 0 Å². The molecule has 0 heterocycles. The third-order valence-electron chi connectivity index (χ3n) is 1.60. The molecule has 0 unspecified atom stereocenters. The predicted molar refractivity (Wildman–Crippen MR) is 53.6 cm³/mol. The van der Waals surface area contributed by atoms with Gasteiger partial charge in [0, 0.05) is 11.1 Å². The van der Waals surface area contributed by atoms with Crippen molar-refractivity contribution in [1.29, 1.82) is 0 Å². The second-order valence-corrected chi connectivity index (χ2v) is 3.64. The molecule has 0 fully saturated rings. The van der Waals surface area contributed by atoms with Gasteiger partial charge in [-0.05, 0) is 32.4 Å². The van der Waals surface area contributed by atoms with Crippen LogP contribution in [0.15, 0.2) is 12.1 Å². The lowest BCUT2D eigenvalue weighted by atomic mass is 10.2. The molecule has 3 heteroatoms. The van der Waals surface area contributed by atoms with Crippen molar-refractivity contribution in [2.75, 3.05) is 0 Å². The highest BCUT2D eigenvalue weighted by Gasteiger charge is 2.07. The number of hydrogen-bond donors (Lipinski definition) is 1. The van der Waals surface area contributed by atoms with E-state index in [-0.39, 0.29) is 11.9 Å².